The van der Waals surface area contributed by atoms with Crippen molar-refractivity contribution in [2.75, 3.05) is 0 Å². The number of nitrogens with one attached hydrogen (secondary N) is 1. The number of carbonyl (C=O) groups is 3. The van der Waals surface area contributed by atoms with Crippen LogP contribution >= 0.6 is 0 Å². The zero-order valence-corrected chi connectivity index (χ0v) is 24.4. The first kappa shape index (κ1) is 30.1. The SMILES string of the molecule is Cc1ccc(-c2ccc(C(=O)NC(Cc3ccc(-c4noc(-c5ccc(CC(=O)C(C)C)cc5)n4)c(F)c3)OC=O)o2)cc1. The summed E-state index contributed by atoms with van der Waals surface area (Å²) in [6.45, 7) is 5.91. The van der Waals surface area contributed by atoms with Crippen molar-refractivity contribution in [3.8, 4) is 34.2 Å². The summed E-state index contributed by atoms with van der Waals surface area (Å²) in [5.74, 6) is -0.304. The van der Waals surface area contributed by atoms with E-state index in [1.807, 2.05) is 57.2 Å². The summed E-state index contributed by atoms with van der Waals surface area (Å²) in [5.41, 5.74) is 3.98. The number of ether oxygens (including phenoxy) is 1. The third kappa shape index (κ3) is 7.15. The second-order valence-electron chi connectivity index (χ2n) is 10.7. The lowest BCUT2D eigenvalue weighted by atomic mass is 10.0. The van der Waals surface area contributed by atoms with E-state index in [-0.39, 0.29) is 47.6 Å². The molecule has 224 valence electrons. The Hall–Kier alpha value is -5.38. The highest BCUT2D eigenvalue weighted by molar-refractivity contribution is 5.92. The molecule has 0 saturated heterocycles. The molecule has 0 aliphatic rings. The molecule has 0 bridgehead atoms. The maximum Gasteiger partial charge on any atom is 0.295 e. The lowest BCUT2D eigenvalue weighted by Gasteiger charge is -2.16. The molecule has 44 heavy (non-hydrogen) atoms. The average molecular weight is 596 g/mol. The van der Waals surface area contributed by atoms with E-state index >= 15 is 4.39 Å². The number of Topliss-reactive ketones (excluding diaryl/α,β-unsaturated/α-hetero) is 1. The van der Waals surface area contributed by atoms with Crippen molar-refractivity contribution in [2.24, 2.45) is 5.92 Å². The lowest BCUT2D eigenvalue weighted by Crippen LogP contribution is -2.38. The number of rotatable bonds is 12. The first-order valence-corrected chi connectivity index (χ1v) is 14.0. The Labute approximate surface area is 253 Å². The zero-order valence-electron chi connectivity index (χ0n) is 24.4. The highest BCUT2D eigenvalue weighted by Gasteiger charge is 2.21. The summed E-state index contributed by atoms with van der Waals surface area (Å²) in [6.07, 6.45) is -0.741. The Bertz CT molecular complexity index is 1770. The summed E-state index contributed by atoms with van der Waals surface area (Å²) in [6, 6.07) is 22.4. The molecule has 5 rings (SSSR count). The van der Waals surface area contributed by atoms with E-state index in [0.29, 0.717) is 23.3 Å². The van der Waals surface area contributed by atoms with Gasteiger partial charge in [-0.15, -0.1) is 0 Å². The van der Waals surface area contributed by atoms with Crippen molar-refractivity contribution < 1.29 is 32.5 Å². The maximum absolute atomic E-state index is 15.2. The summed E-state index contributed by atoms with van der Waals surface area (Å²) in [7, 11) is 0. The Morgan fingerprint density at radius 3 is 2.34 bits per heavy atom. The number of amides is 1. The number of hydrogen-bond acceptors (Lipinski definition) is 8. The highest BCUT2D eigenvalue weighted by atomic mass is 19.1. The van der Waals surface area contributed by atoms with Crippen LogP contribution in [-0.4, -0.2) is 34.5 Å². The van der Waals surface area contributed by atoms with Crippen molar-refractivity contribution in [1.29, 1.82) is 0 Å². The van der Waals surface area contributed by atoms with Gasteiger partial charge in [0, 0.05) is 29.9 Å². The van der Waals surface area contributed by atoms with E-state index in [2.05, 4.69) is 15.5 Å². The Morgan fingerprint density at radius 1 is 0.955 bits per heavy atom. The van der Waals surface area contributed by atoms with Crippen LogP contribution in [0, 0.1) is 18.7 Å². The van der Waals surface area contributed by atoms with Gasteiger partial charge in [-0.25, -0.2) is 4.39 Å². The molecule has 9 nitrogen and oxygen atoms in total. The Kier molecular flexibility index (Phi) is 9.09. The van der Waals surface area contributed by atoms with Gasteiger partial charge >= 0.3 is 0 Å². The number of carbonyl (C=O) groups excluding carboxylic acids is 3. The van der Waals surface area contributed by atoms with Crippen molar-refractivity contribution >= 4 is 18.2 Å². The van der Waals surface area contributed by atoms with Gasteiger partial charge in [-0.1, -0.05) is 67.0 Å². The van der Waals surface area contributed by atoms with Crippen molar-refractivity contribution in [3.05, 3.63) is 107 Å². The topological polar surface area (TPSA) is 125 Å². The first-order valence-electron chi connectivity index (χ1n) is 14.0. The number of benzene rings is 3. The van der Waals surface area contributed by atoms with Crippen LogP contribution < -0.4 is 5.32 Å². The maximum atomic E-state index is 15.2. The summed E-state index contributed by atoms with van der Waals surface area (Å²) in [4.78, 5) is 40.3. The van der Waals surface area contributed by atoms with Gasteiger partial charge in [0.2, 0.25) is 5.82 Å². The van der Waals surface area contributed by atoms with Crippen LogP contribution in [0.4, 0.5) is 4.39 Å². The fourth-order valence-electron chi connectivity index (χ4n) is 4.45. The quantitative estimate of drug-likeness (QED) is 0.131. The number of halogens is 1. The molecular weight excluding hydrogens is 565 g/mol. The van der Waals surface area contributed by atoms with E-state index in [0.717, 1.165) is 16.7 Å². The number of furan rings is 1. The van der Waals surface area contributed by atoms with Gasteiger partial charge in [0.25, 0.3) is 18.3 Å². The van der Waals surface area contributed by atoms with E-state index < -0.39 is 18.0 Å². The van der Waals surface area contributed by atoms with Gasteiger partial charge < -0.3 is 19.0 Å². The molecule has 0 aliphatic heterocycles. The second kappa shape index (κ2) is 13.3. The Balaban J connectivity index is 1.24. The summed E-state index contributed by atoms with van der Waals surface area (Å²) >= 11 is 0. The number of nitrogens with zero attached hydrogens (tertiary/aromatic N) is 2. The zero-order chi connectivity index (χ0) is 31.2. The third-order valence-electron chi connectivity index (χ3n) is 7.02. The highest BCUT2D eigenvalue weighted by Crippen LogP contribution is 2.26. The molecule has 0 fully saturated rings. The van der Waals surface area contributed by atoms with Crippen LogP contribution in [0.1, 0.15) is 41.1 Å². The minimum atomic E-state index is -1.08. The smallest absolute Gasteiger partial charge is 0.295 e. The fourth-order valence-corrected chi connectivity index (χ4v) is 4.45. The van der Waals surface area contributed by atoms with E-state index in [1.54, 1.807) is 24.3 Å². The monoisotopic (exact) mass is 595 g/mol. The van der Waals surface area contributed by atoms with E-state index in [9.17, 15) is 14.4 Å². The number of aromatic nitrogens is 2. The first-order chi connectivity index (χ1) is 21.2. The summed E-state index contributed by atoms with van der Waals surface area (Å²) < 4.78 is 31.3. The lowest BCUT2D eigenvalue weighted by molar-refractivity contribution is -0.134. The average Bonchev–Trinajstić information content (AvgIpc) is 3.69. The molecular formula is C34H30FN3O6. The van der Waals surface area contributed by atoms with Gasteiger partial charge in [0.1, 0.15) is 17.4 Å². The normalized spacial score (nSPS) is 11.8. The molecule has 0 radical (unpaired) electrons. The van der Waals surface area contributed by atoms with Crippen LogP contribution in [0.3, 0.4) is 0 Å². The van der Waals surface area contributed by atoms with Crippen molar-refractivity contribution in [2.45, 2.75) is 39.8 Å². The van der Waals surface area contributed by atoms with Gasteiger partial charge in [0.05, 0.1) is 5.56 Å². The molecule has 0 aliphatic carbocycles. The van der Waals surface area contributed by atoms with Gasteiger partial charge in [-0.3, -0.25) is 14.4 Å². The van der Waals surface area contributed by atoms with Gasteiger partial charge in [-0.2, -0.15) is 4.98 Å². The van der Waals surface area contributed by atoms with E-state index in [1.165, 1.54) is 18.2 Å². The minimum absolute atomic E-state index is 0.00361. The molecule has 1 unspecified atom stereocenters. The molecule has 2 heterocycles. The molecule has 0 saturated carbocycles. The predicted octanol–water partition coefficient (Wildman–Crippen LogP) is 6.35. The van der Waals surface area contributed by atoms with Crippen LogP contribution in [0.15, 0.2) is 87.8 Å². The predicted molar refractivity (Wildman–Crippen MR) is 160 cm³/mol. The van der Waals surface area contributed by atoms with Crippen LogP contribution in [0.5, 0.6) is 0 Å². The van der Waals surface area contributed by atoms with Crippen molar-refractivity contribution in [3.63, 3.8) is 0 Å². The number of ketones is 1. The second-order valence-corrected chi connectivity index (χ2v) is 10.7. The molecule has 0 spiro atoms. The third-order valence-corrected chi connectivity index (χ3v) is 7.02. The fraction of sp³-hybridized carbons (Fsp3) is 0.206. The number of aryl methyl sites for hydroxylation is 1. The van der Waals surface area contributed by atoms with E-state index in [4.69, 9.17) is 13.7 Å². The molecule has 1 amide bonds. The summed E-state index contributed by atoms with van der Waals surface area (Å²) in [5, 5.41) is 6.52. The number of hydrogen-bond donors (Lipinski definition) is 1. The van der Waals surface area contributed by atoms with Gasteiger partial charge in [-0.05, 0) is 54.4 Å². The van der Waals surface area contributed by atoms with Crippen LogP contribution in [0.25, 0.3) is 34.2 Å². The molecule has 10 heteroatoms. The minimum Gasteiger partial charge on any atom is -0.451 e. The molecule has 2 aromatic heterocycles. The Morgan fingerprint density at radius 2 is 1.66 bits per heavy atom. The molecule has 5 aromatic rings. The largest absolute Gasteiger partial charge is 0.451 e. The van der Waals surface area contributed by atoms with Crippen molar-refractivity contribution in [1.82, 2.24) is 15.5 Å². The molecule has 3 aromatic carbocycles. The molecule has 1 N–H and O–H groups in total. The standard InChI is InChI=1S/C34H30FN3O6/c1-20(2)28(40)17-22-6-11-25(12-7-22)34-37-32(38-44-34)26-13-8-23(16-27(26)35)18-31(42-19-39)36-33(41)30-15-14-29(43-30)24-9-4-21(3)5-10-24/h4-16,19-20,31H,17-18H2,1-3H3,(H,36,41). The van der Waals surface area contributed by atoms with Crippen LogP contribution in [0.2, 0.25) is 0 Å². The molecule has 1 atom stereocenters. The van der Waals surface area contributed by atoms with Gasteiger partial charge in [0.15, 0.2) is 12.0 Å². The van der Waals surface area contributed by atoms with Crippen LogP contribution in [-0.2, 0) is 27.2 Å².